The maximum Gasteiger partial charge on any atom is 0.0274 e. The minimum atomic E-state index is 0.924. The van der Waals surface area contributed by atoms with Crippen LogP contribution in [0.25, 0.3) is 18.2 Å². The lowest BCUT2D eigenvalue weighted by Gasteiger charge is -1.98. The molecule has 93 heavy (non-hydrogen) atoms. The van der Waals surface area contributed by atoms with Gasteiger partial charge in [0.2, 0.25) is 0 Å². The fraction of sp³-hybridized carbons (Fsp3) is 0.290. The Morgan fingerprint density at radius 2 is 0.720 bits per heavy atom. The average Bonchev–Trinajstić information content (AvgIpc) is 3.77. The van der Waals surface area contributed by atoms with Gasteiger partial charge in [-0.1, -0.05) is 350 Å². The number of allylic oxidation sites excluding steroid dienone is 3. The van der Waals surface area contributed by atoms with Crippen LogP contribution in [-0.2, 0) is 19.3 Å². The van der Waals surface area contributed by atoms with Crippen LogP contribution in [0, 0.1) is 97.8 Å². The first-order valence-corrected chi connectivity index (χ1v) is 34.0. The van der Waals surface area contributed by atoms with Crippen molar-refractivity contribution < 1.29 is 0 Å². The predicted molar refractivity (Wildman–Crippen MR) is 418 cm³/mol. The minimum absolute atomic E-state index is 0.924. The van der Waals surface area contributed by atoms with Gasteiger partial charge in [-0.3, -0.25) is 0 Å². The predicted octanol–water partition coefficient (Wildman–Crippen LogP) is 26.2. The Hall–Kier alpha value is -9.12. The molecule has 9 aromatic rings. The first-order chi connectivity index (χ1) is 45.0. The van der Waals surface area contributed by atoms with E-state index in [1.165, 1.54) is 83.5 Å². The number of benzene rings is 9. The molecule has 0 atom stereocenters. The highest BCUT2D eigenvalue weighted by molar-refractivity contribution is 5.53. The van der Waals surface area contributed by atoms with Gasteiger partial charge in [-0.15, -0.1) is 0 Å². The zero-order valence-electron chi connectivity index (χ0n) is 60.6. The van der Waals surface area contributed by atoms with Crippen LogP contribution < -0.4 is 0 Å². The van der Waals surface area contributed by atoms with Crippen molar-refractivity contribution in [2.75, 3.05) is 0 Å². The second kappa shape index (κ2) is 53.5. The Bertz CT molecular complexity index is 3670. The minimum Gasteiger partial charge on any atom is -0.0982 e. The highest BCUT2D eigenvalue weighted by atomic mass is 14.0. The summed E-state index contributed by atoms with van der Waals surface area (Å²) in [6.07, 6.45) is 22.5. The van der Waals surface area contributed by atoms with Gasteiger partial charge >= 0.3 is 0 Å². The second-order valence-corrected chi connectivity index (χ2v) is 22.6. The molecule has 0 amide bonds. The Morgan fingerprint density at radius 1 is 0.280 bits per heavy atom. The molecule has 0 bridgehead atoms. The molecule has 0 nitrogen and oxygen atoms in total. The smallest absolute Gasteiger partial charge is 0.0274 e. The van der Waals surface area contributed by atoms with Gasteiger partial charge in [0.05, 0.1) is 0 Å². The molecule has 0 saturated carbocycles. The van der Waals surface area contributed by atoms with E-state index in [0.717, 1.165) is 74.5 Å². The van der Waals surface area contributed by atoms with Crippen molar-refractivity contribution in [3.8, 4) is 35.5 Å². The third kappa shape index (κ3) is 41.8. The third-order valence-electron chi connectivity index (χ3n) is 14.0. The maximum absolute atomic E-state index is 3.11. The number of hydrogen-bond donors (Lipinski definition) is 0. The van der Waals surface area contributed by atoms with Crippen LogP contribution in [-0.4, -0.2) is 0 Å². The van der Waals surface area contributed by atoms with Gasteiger partial charge < -0.3 is 0 Å². The topological polar surface area (TPSA) is 0 Å². The van der Waals surface area contributed by atoms with E-state index >= 15 is 0 Å². The first-order valence-electron chi connectivity index (χ1n) is 34.0. The average molecular weight is 1230 g/mol. The normalized spacial score (nSPS) is 9.61. The van der Waals surface area contributed by atoms with Crippen LogP contribution in [0.2, 0.25) is 0 Å². The maximum atomic E-state index is 3.11. The summed E-state index contributed by atoms with van der Waals surface area (Å²) in [6, 6.07) is 76.0. The summed E-state index contributed by atoms with van der Waals surface area (Å²) in [5.74, 6) is 18.4. The molecule has 0 unspecified atom stereocenters. The Kier molecular flexibility index (Phi) is 47.1. The number of rotatable bonds is 9. The summed E-state index contributed by atoms with van der Waals surface area (Å²) in [7, 11) is 0. The van der Waals surface area contributed by atoms with Crippen molar-refractivity contribution in [1.29, 1.82) is 0 Å². The van der Waals surface area contributed by atoms with Crippen molar-refractivity contribution in [2.24, 2.45) is 0 Å². The van der Waals surface area contributed by atoms with Crippen LogP contribution in [0.1, 0.15) is 201 Å². The zero-order valence-corrected chi connectivity index (χ0v) is 60.6. The van der Waals surface area contributed by atoms with Gasteiger partial charge in [-0.25, -0.2) is 0 Å². The summed E-state index contributed by atoms with van der Waals surface area (Å²) in [5.41, 5.74) is 23.5. The van der Waals surface area contributed by atoms with Crippen molar-refractivity contribution in [3.63, 3.8) is 0 Å². The highest BCUT2D eigenvalue weighted by Crippen LogP contribution is 2.12. The molecule has 0 heterocycles. The summed E-state index contributed by atoms with van der Waals surface area (Å²) < 4.78 is 0. The van der Waals surface area contributed by atoms with Crippen molar-refractivity contribution in [3.05, 3.63) is 337 Å². The molecule has 0 saturated heterocycles. The molecule has 0 radical (unpaired) electrons. The Balaban J connectivity index is 0.000000524. The largest absolute Gasteiger partial charge is 0.0982 e. The van der Waals surface area contributed by atoms with E-state index in [1.54, 1.807) is 0 Å². The molecule has 0 aliphatic heterocycles. The van der Waals surface area contributed by atoms with Crippen molar-refractivity contribution in [1.82, 2.24) is 0 Å². The van der Waals surface area contributed by atoms with Crippen LogP contribution in [0.4, 0.5) is 0 Å². The lowest BCUT2D eigenvalue weighted by molar-refractivity contribution is 1.11. The molecule has 0 N–H and O–H groups in total. The number of hydrogen-bond acceptors (Lipinski definition) is 0. The lowest BCUT2D eigenvalue weighted by Crippen LogP contribution is -1.82. The molecule has 0 aromatic heterocycles. The van der Waals surface area contributed by atoms with Gasteiger partial charge in [0.15, 0.2) is 0 Å². The molecule has 0 fully saturated rings. The van der Waals surface area contributed by atoms with Crippen LogP contribution >= 0.6 is 0 Å². The molecule has 9 rings (SSSR count). The summed E-state index contributed by atoms with van der Waals surface area (Å²) in [4.78, 5) is 0. The van der Waals surface area contributed by atoms with Crippen LogP contribution in [0.15, 0.2) is 237 Å². The fourth-order valence-corrected chi connectivity index (χ4v) is 8.38. The first kappa shape index (κ1) is 81.9. The highest BCUT2D eigenvalue weighted by Gasteiger charge is 1.93. The third-order valence-corrected chi connectivity index (χ3v) is 14.0. The Morgan fingerprint density at radius 3 is 1.19 bits per heavy atom. The van der Waals surface area contributed by atoms with E-state index in [1.807, 2.05) is 24.3 Å². The molecular weight excluding hydrogens is 1120 g/mol. The van der Waals surface area contributed by atoms with Gasteiger partial charge in [0.25, 0.3) is 0 Å². The van der Waals surface area contributed by atoms with Gasteiger partial charge in [-0.05, 0) is 187 Å². The number of aryl methyl sites for hydroxylation is 12. The monoisotopic (exact) mass is 1230 g/mol. The molecule has 0 aliphatic carbocycles. The van der Waals surface area contributed by atoms with E-state index in [9.17, 15) is 0 Å². The van der Waals surface area contributed by atoms with Gasteiger partial charge in [0, 0.05) is 36.0 Å². The fourth-order valence-electron chi connectivity index (χ4n) is 8.38. The quantitative estimate of drug-likeness (QED) is 0.126. The Labute approximate surface area is 569 Å². The van der Waals surface area contributed by atoms with E-state index in [4.69, 9.17) is 0 Å². The second-order valence-electron chi connectivity index (χ2n) is 22.6. The van der Waals surface area contributed by atoms with E-state index in [2.05, 4.69) is 391 Å². The zero-order chi connectivity index (χ0) is 68.7. The SMILES string of the molecule is CCC#Cc1ccc(C)cc1.CCC#Cc1cccc(C)c1.CCC#Cc1ccccc1C.CCC=Cc1ccc(C)cc1.CCC=Cc1cccc(C)c1.CCC=Cc1ccccc1C.CCc1ccc(C)cc1.CCc1cccc(C)c1.CCc1ccccc1C. The van der Waals surface area contributed by atoms with E-state index in [-0.39, 0.29) is 0 Å². The van der Waals surface area contributed by atoms with E-state index < -0.39 is 0 Å². The van der Waals surface area contributed by atoms with E-state index in [0.29, 0.717) is 0 Å². The van der Waals surface area contributed by atoms with Gasteiger partial charge in [0.1, 0.15) is 0 Å². The van der Waals surface area contributed by atoms with Crippen molar-refractivity contribution in [2.45, 2.75) is 182 Å². The molecule has 486 valence electrons. The van der Waals surface area contributed by atoms with Crippen LogP contribution in [0.3, 0.4) is 0 Å². The standard InChI is InChI=1S/C11H14.C11H12.C11H14.C11H12.C11H14.C11H12.3C9H12/c2*1-3-4-8-11-9-6-5-7-10(11)2;2*1-3-4-7-11-8-5-6-10(2)9-11;2*1-3-4-5-11-8-6-10(2)7-9-11;1-3-9-6-4-8(2)5-7-9;1-3-9-6-4-5-8(2)7-9;1-3-9-7-5-4-6-8(9)2/h4-9H,3H2,1-2H3;5-7,9H,3H2,1-2H3;4-9H,3H2,1-2H3;5-6,8-9H,3H2,1-2H3;4-9H,3H2,1-2H3;6-9H,3H2,1-2H3;3*4-7H,3H2,1-2H3. The summed E-state index contributed by atoms with van der Waals surface area (Å²) in [6.45, 7) is 38.1. The lowest BCUT2D eigenvalue weighted by atomic mass is 10.1. The van der Waals surface area contributed by atoms with Crippen molar-refractivity contribution >= 4 is 18.2 Å². The summed E-state index contributed by atoms with van der Waals surface area (Å²) in [5, 5.41) is 0. The molecule has 0 spiro atoms. The summed E-state index contributed by atoms with van der Waals surface area (Å²) >= 11 is 0. The molecule has 0 heteroatoms. The van der Waals surface area contributed by atoms with Gasteiger partial charge in [-0.2, -0.15) is 0 Å². The molecule has 9 aromatic carbocycles. The molecule has 0 aliphatic rings. The molecular formula is C93H114. The van der Waals surface area contributed by atoms with Crippen LogP contribution in [0.5, 0.6) is 0 Å².